The van der Waals surface area contributed by atoms with Crippen molar-refractivity contribution >= 4 is 11.7 Å². The first-order valence-electron chi connectivity index (χ1n) is 9.45. The van der Waals surface area contributed by atoms with E-state index < -0.39 is 5.97 Å². The summed E-state index contributed by atoms with van der Waals surface area (Å²) in [5.74, 6) is -0.165. The minimum absolute atomic E-state index is 0.0855. The Kier molecular flexibility index (Phi) is 4.71. The van der Waals surface area contributed by atoms with Gasteiger partial charge >= 0.3 is 5.97 Å². The number of ether oxygens (including phenoxy) is 1. The second-order valence-electron chi connectivity index (χ2n) is 8.48. The molecule has 1 aliphatic heterocycles. The molecule has 1 heterocycles. The maximum absolute atomic E-state index is 12.1. The third kappa shape index (κ3) is 3.29. The molecule has 144 valence electrons. The normalized spacial score (nSPS) is 20.6. The fraction of sp³-hybridized carbons (Fsp3) is 0.435. The van der Waals surface area contributed by atoms with Crippen molar-refractivity contribution in [2.75, 3.05) is 18.1 Å². The number of carboxylic acid groups (broad SMARTS) is 1. The van der Waals surface area contributed by atoms with Gasteiger partial charge in [-0.2, -0.15) is 0 Å². The van der Waals surface area contributed by atoms with Gasteiger partial charge in [-0.3, -0.25) is 0 Å². The van der Waals surface area contributed by atoms with Crippen molar-refractivity contribution in [3.8, 4) is 5.75 Å². The maximum atomic E-state index is 12.1. The minimum atomic E-state index is -0.921. The highest BCUT2D eigenvalue weighted by Crippen LogP contribution is 2.47. The van der Waals surface area contributed by atoms with Crippen LogP contribution in [0.25, 0.3) is 0 Å². The summed E-state index contributed by atoms with van der Waals surface area (Å²) in [6.45, 7) is 13.5. The summed E-state index contributed by atoms with van der Waals surface area (Å²) < 4.78 is 5.95. The van der Waals surface area contributed by atoms with Gasteiger partial charge in [0.05, 0.1) is 12.2 Å². The molecule has 0 amide bonds. The Morgan fingerprint density at radius 3 is 2.30 bits per heavy atom. The van der Waals surface area contributed by atoms with Gasteiger partial charge in [-0.25, -0.2) is 4.79 Å². The Labute approximate surface area is 161 Å². The Bertz CT molecular complexity index is 872. The van der Waals surface area contributed by atoms with Crippen molar-refractivity contribution in [1.29, 1.82) is 0 Å². The molecule has 1 aromatic rings. The quantitative estimate of drug-likeness (QED) is 0.467. The predicted molar refractivity (Wildman–Crippen MR) is 110 cm³/mol. The number of hydrogen-bond donors (Lipinski definition) is 1. The molecule has 0 saturated carbocycles. The van der Waals surface area contributed by atoms with E-state index in [0.29, 0.717) is 18.8 Å². The largest absolute Gasteiger partial charge is 0.490 e. The highest BCUT2D eigenvalue weighted by molar-refractivity contribution is 5.93. The Morgan fingerprint density at radius 1 is 1.15 bits per heavy atom. The molecule has 1 aromatic carbocycles. The van der Waals surface area contributed by atoms with Crippen molar-refractivity contribution in [3.63, 3.8) is 0 Å². The first kappa shape index (κ1) is 19.3. The second kappa shape index (κ2) is 6.59. The van der Waals surface area contributed by atoms with Crippen LogP contribution in [0.5, 0.6) is 5.75 Å². The predicted octanol–water partition coefficient (Wildman–Crippen LogP) is 4.95. The summed E-state index contributed by atoms with van der Waals surface area (Å²) in [7, 11) is 0. The van der Waals surface area contributed by atoms with Gasteiger partial charge in [0.1, 0.15) is 18.1 Å². The third-order valence-electron chi connectivity index (χ3n) is 5.53. The van der Waals surface area contributed by atoms with E-state index in [2.05, 4.69) is 52.0 Å². The number of aliphatic carboxylic acids is 1. The lowest BCUT2D eigenvalue weighted by Crippen LogP contribution is -2.37. The number of carbonyl (C=O) groups is 1. The van der Waals surface area contributed by atoms with Gasteiger partial charge in [-0.1, -0.05) is 52.0 Å². The Balaban J connectivity index is 2.23. The number of nitrogens with zero attached hydrogens (tertiary/aromatic N) is 1. The zero-order valence-corrected chi connectivity index (χ0v) is 17.1. The van der Waals surface area contributed by atoms with E-state index in [0.717, 1.165) is 17.0 Å². The molecule has 3 rings (SSSR count). The lowest BCUT2D eigenvalue weighted by molar-refractivity contribution is -0.132. The zero-order valence-electron chi connectivity index (χ0n) is 17.1. The van der Waals surface area contributed by atoms with Crippen LogP contribution in [0, 0.1) is 0 Å². The van der Waals surface area contributed by atoms with Crippen molar-refractivity contribution in [1.82, 2.24) is 0 Å². The number of carboxylic acids is 1. The van der Waals surface area contributed by atoms with E-state index >= 15 is 0 Å². The van der Waals surface area contributed by atoms with Crippen molar-refractivity contribution < 1.29 is 14.6 Å². The maximum Gasteiger partial charge on any atom is 0.352 e. The molecule has 0 aromatic heterocycles. The van der Waals surface area contributed by atoms with E-state index in [4.69, 9.17) is 4.74 Å². The van der Waals surface area contributed by atoms with Crippen LogP contribution in [0.3, 0.4) is 0 Å². The minimum Gasteiger partial charge on any atom is -0.490 e. The smallest absolute Gasteiger partial charge is 0.352 e. The SMILES string of the molecule is C/C=C/C(C)=C(/C(=O)O)N1CCOc2cc3c(cc21)C(C)(C)C=CC3(C)C. The highest BCUT2D eigenvalue weighted by atomic mass is 16.5. The first-order chi connectivity index (χ1) is 12.6. The van der Waals surface area contributed by atoms with Gasteiger partial charge in [0.25, 0.3) is 0 Å². The molecule has 2 aliphatic rings. The van der Waals surface area contributed by atoms with Gasteiger partial charge in [0.15, 0.2) is 0 Å². The monoisotopic (exact) mass is 367 g/mol. The van der Waals surface area contributed by atoms with Crippen LogP contribution in [0.4, 0.5) is 5.69 Å². The summed E-state index contributed by atoms with van der Waals surface area (Å²) in [5, 5.41) is 9.89. The summed E-state index contributed by atoms with van der Waals surface area (Å²) in [6, 6.07) is 4.23. The van der Waals surface area contributed by atoms with Crippen LogP contribution in [0.15, 0.2) is 47.7 Å². The van der Waals surface area contributed by atoms with Crippen LogP contribution in [0.2, 0.25) is 0 Å². The molecule has 0 radical (unpaired) electrons. The van der Waals surface area contributed by atoms with Gasteiger partial charge in [-0.15, -0.1) is 0 Å². The van der Waals surface area contributed by atoms with Crippen molar-refractivity contribution in [2.24, 2.45) is 0 Å². The fourth-order valence-corrected chi connectivity index (χ4v) is 3.98. The Morgan fingerprint density at radius 2 is 1.74 bits per heavy atom. The molecule has 1 N–H and O–H groups in total. The van der Waals surface area contributed by atoms with Crippen LogP contribution >= 0.6 is 0 Å². The highest BCUT2D eigenvalue weighted by Gasteiger charge is 2.36. The molecule has 0 unspecified atom stereocenters. The molecule has 0 atom stereocenters. The average molecular weight is 367 g/mol. The van der Waals surface area contributed by atoms with Crippen molar-refractivity contribution in [2.45, 2.75) is 52.4 Å². The zero-order chi connectivity index (χ0) is 20.0. The van der Waals surface area contributed by atoms with Crippen molar-refractivity contribution in [3.05, 3.63) is 58.8 Å². The number of rotatable bonds is 3. The molecule has 0 bridgehead atoms. The summed E-state index contributed by atoms with van der Waals surface area (Å²) >= 11 is 0. The standard InChI is InChI=1S/C23H29NO3/c1-7-8-15(2)20(21(25)26)24-11-12-27-19-14-17-16(13-18(19)24)22(3,4)9-10-23(17,5)6/h7-10,13-14H,11-12H2,1-6H3,(H,25,26)/b8-7+,20-15-. The lowest BCUT2D eigenvalue weighted by atomic mass is 9.68. The molecular weight excluding hydrogens is 338 g/mol. The number of allylic oxidation sites excluding steroid dienone is 5. The van der Waals surface area contributed by atoms with E-state index in [9.17, 15) is 9.90 Å². The van der Waals surface area contributed by atoms with Crippen LogP contribution in [-0.4, -0.2) is 24.2 Å². The number of fused-ring (bicyclic) bond motifs is 2. The van der Waals surface area contributed by atoms with E-state index in [-0.39, 0.29) is 10.8 Å². The molecular formula is C23H29NO3. The molecule has 27 heavy (non-hydrogen) atoms. The Hall–Kier alpha value is -2.49. The van der Waals surface area contributed by atoms with E-state index in [1.54, 1.807) is 0 Å². The van der Waals surface area contributed by atoms with Crippen LogP contribution in [-0.2, 0) is 15.6 Å². The van der Waals surface area contributed by atoms with E-state index in [1.165, 1.54) is 11.1 Å². The number of anilines is 1. The van der Waals surface area contributed by atoms with Crippen LogP contribution in [0.1, 0.15) is 52.7 Å². The van der Waals surface area contributed by atoms with E-state index in [1.807, 2.05) is 30.9 Å². The topological polar surface area (TPSA) is 49.8 Å². The molecule has 4 heteroatoms. The second-order valence-corrected chi connectivity index (χ2v) is 8.48. The summed E-state index contributed by atoms with van der Waals surface area (Å²) in [5.41, 5.74) is 4.13. The molecule has 0 fully saturated rings. The lowest BCUT2D eigenvalue weighted by Gasteiger charge is -2.40. The van der Waals surface area contributed by atoms with Gasteiger partial charge < -0.3 is 14.7 Å². The molecule has 0 saturated heterocycles. The van der Waals surface area contributed by atoms with Crippen LogP contribution < -0.4 is 9.64 Å². The molecule has 4 nitrogen and oxygen atoms in total. The van der Waals surface area contributed by atoms with Gasteiger partial charge in [-0.05, 0) is 42.7 Å². The average Bonchev–Trinajstić information content (AvgIpc) is 2.58. The summed E-state index contributed by atoms with van der Waals surface area (Å²) in [4.78, 5) is 13.9. The molecule has 0 spiro atoms. The summed E-state index contributed by atoms with van der Waals surface area (Å²) in [6.07, 6.45) is 8.20. The molecule has 1 aliphatic carbocycles. The van der Waals surface area contributed by atoms with Gasteiger partial charge in [0, 0.05) is 10.8 Å². The number of hydrogen-bond acceptors (Lipinski definition) is 3. The third-order valence-corrected chi connectivity index (χ3v) is 5.53. The number of benzene rings is 1. The fourth-order valence-electron chi connectivity index (χ4n) is 3.98. The van der Waals surface area contributed by atoms with Gasteiger partial charge in [0.2, 0.25) is 0 Å². The first-order valence-corrected chi connectivity index (χ1v) is 9.45.